The third-order valence-electron chi connectivity index (χ3n) is 3.02. The molecule has 0 aromatic rings. The highest BCUT2D eigenvalue weighted by Gasteiger charge is 2.31. The van der Waals surface area contributed by atoms with Crippen molar-refractivity contribution in [2.24, 2.45) is 5.73 Å². The Morgan fingerprint density at radius 3 is 2.76 bits per heavy atom. The summed E-state index contributed by atoms with van der Waals surface area (Å²) in [5.41, 5.74) is 4.99. The van der Waals surface area contributed by atoms with E-state index in [4.69, 9.17) is 10.5 Å². The van der Waals surface area contributed by atoms with Crippen LogP contribution in [0.3, 0.4) is 0 Å². The number of ether oxygens (including phenoxy) is 1. The number of nitrogens with zero attached hydrogens (tertiary/aromatic N) is 1. The van der Waals surface area contributed by atoms with Crippen LogP contribution in [0.15, 0.2) is 0 Å². The Labute approximate surface area is 104 Å². The summed E-state index contributed by atoms with van der Waals surface area (Å²) in [6.45, 7) is 3.88. The lowest BCUT2D eigenvalue weighted by atomic mass is 10.0. The van der Waals surface area contributed by atoms with E-state index in [0.717, 1.165) is 12.8 Å². The largest absolute Gasteiger partial charge is 0.374 e. The molecule has 0 amide bonds. The summed E-state index contributed by atoms with van der Waals surface area (Å²) in [6.07, 6.45) is 2.54. The van der Waals surface area contributed by atoms with Crippen molar-refractivity contribution in [3.05, 3.63) is 0 Å². The minimum absolute atomic E-state index is 0.322. The van der Waals surface area contributed by atoms with Crippen LogP contribution in [0.25, 0.3) is 0 Å². The molecule has 7 heteroatoms. The summed E-state index contributed by atoms with van der Waals surface area (Å²) in [5.74, 6) is 0. The molecular weight excluding hydrogens is 242 g/mol. The van der Waals surface area contributed by atoms with Crippen LogP contribution in [0, 0.1) is 0 Å². The number of rotatable bonds is 7. The first-order valence-corrected chi connectivity index (χ1v) is 7.39. The predicted octanol–water partition coefficient (Wildman–Crippen LogP) is -0.329. The van der Waals surface area contributed by atoms with E-state index in [1.54, 1.807) is 7.05 Å². The Hall–Kier alpha value is -0.210. The maximum atomic E-state index is 11.9. The molecule has 0 spiro atoms. The fourth-order valence-electron chi connectivity index (χ4n) is 1.76. The molecular formula is C10H23N3O3S. The molecule has 1 fully saturated rings. The third-order valence-corrected chi connectivity index (χ3v) is 4.53. The lowest BCUT2D eigenvalue weighted by Crippen LogP contribution is -2.46. The number of nitrogens with two attached hydrogens (primary N) is 1. The van der Waals surface area contributed by atoms with E-state index >= 15 is 0 Å². The van der Waals surface area contributed by atoms with Crippen LogP contribution in [0.4, 0.5) is 0 Å². The zero-order chi connectivity index (χ0) is 12.9. The topological polar surface area (TPSA) is 84.7 Å². The molecule has 1 atom stereocenters. The van der Waals surface area contributed by atoms with Gasteiger partial charge in [-0.25, -0.2) is 0 Å². The van der Waals surface area contributed by atoms with E-state index in [1.807, 2.05) is 6.92 Å². The van der Waals surface area contributed by atoms with Gasteiger partial charge in [-0.2, -0.15) is 17.4 Å². The van der Waals surface area contributed by atoms with Gasteiger partial charge in [-0.1, -0.05) is 0 Å². The van der Waals surface area contributed by atoms with Crippen molar-refractivity contribution in [3.8, 4) is 0 Å². The summed E-state index contributed by atoms with van der Waals surface area (Å²) in [7, 11) is -1.86. The van der Waals surface area contributed by atoms with Crippen LogP contribution in [-0.2, 0) is 14.9 Å². The summed E-state index contributed by atoms with van der Waals surface area (Å²) in [6, 6.07) is 0. The van der Waals surface area contributed by atoms with Crippen LogP contribution >= 0.6 is 0 Å². The zero-order valence-electron chi connectivity index (χ0n) is 10.6. The van der Waals surface area contributed by atoms with Gasteiger partial charge in [-0.3, -0.25) is 0 Å². The molecule has 0 aromatic heterocycles. The fourth-order valence-corrected chi connectivity index (χ4v) is 2.84. The molecule has 0 aliphatic carbocycles. The van der Waals surface area contributed by atoms with Crippen molar-refractivity contribution >= 4 is 10.2 Å². The minimum atomic E-state index is -3.41. The Morgan fingerprint density at radius 1 is 1.53 bits per heavy atom. The SMILES string of the molecule is CN(CCCN)S(=O)(=O)NCC1(C)CCCO1. The van der Waals surface area contributed by atoms with Gasteiger partial charge in [0, 0.05) is 26.7 Å². The second-order valence-electron chi connectivity index (χ2n) is 4.69. The Kier molecular flexibility index (Phi) is 5.33. The first-order chi connectivity index (χ1) is 7.90. The number of nitrogens with one attached hydrogen (secondary N) is 1. The van der Waals surface area contributed by atoms with Crippen molar-refractivity contribution in [2.75, 3.05) is 33.3 Å². The molecule has 102 valence electrons. The summed E-state index contributed by atoms with van der Waals surface area (Å²) in [4.78, 5) is 0. The average Bonchev–Trinajstić information content (AvgIpc) is 2.71. The van der Waals surface area contributed by atoms with Crippen molar-refractivity contribution in [1.82, 2.24) is 9.03 Å². The predicted molar refractivity (Wildman–Crippen MR) is 66.8 cm³/mol. The van der Waals surface area contributed by atoms with Gasteiger partial charge in [-0.15, -0.1) is 0 Å². The Balaban J connectivity index is 2.43. The molecule has 0 bridgehead atoms. The molecule has 1 rings (SSSR count). The van der Waals surface area contributed by atoms with Crippen LogP contribution < -0.4 is 10.5 Å². The molecule has 1 heterocycles. The van der Waals surface area contributed by atoms with Gasteiger partial charge in [0.25, 0.3) is 10.2 Å². The van der Waals surface area contributed by atoms with Gasteiger partial charge >= 0.3 is 0 Å². The molecule has 0 saturated carbocycles. The van der Waals surface area contributed by atoms with E-state index in [0.29, 0.717) is 32.7 Å². The van der Waals surface area contributed by atoms with Gasteiger partial charge < -0.3 is 10.5 Å². The highest BCUT2D eigenvalue weighted by atomic mass is 32.2. The monoisotopic (exact) mass is 265 g/mol. The van der Waals surface area contributed by atoms with Gasteiger partial charge in [0.15, 0.2) is 0 Å². The van der Waals surface area contributed by atoms with Crippen LogP contribution in [-0.4, -0.2) is 51.6 Å². The Bertz CT molecular complexity index is 326. The lowest BCUT2D eigenvalue weighted by molar-refractivity contribution is 0.0248. The van der Waals surface area contributed by atoms with Crippen molar-refractivity contribution in [1.29, 1.82) is 0 Å². The second kappa shape index (κ2) is 6.10. The zero-order valence-corrected chi connectivity index (χ0v) is 11.4. The van der Waals surface area contributed by atoms with E-state index in [9.17, 15) is 8.42 Å². The molecule has 1 aliphatic heterocycles. The van der Waals surface area contributed by atoms with Crippen LogP contribution in [0.5, 0.6) is 0 Å². The standard InChI is InChI=1S/C10H23N3O3S/c1-10(5-3-8-16-10)9-12-17(14,15)13(2)7-4-6-11/h12H,3-9,11H2,1-2H3. The fraction of sp³-hybridized carbons (Fsp3) is 1.00. The molecule has 6 nitrogen and oxygen atoms in total. The van der Waals surface area contributed by atoms with E-state index in [1.165, 1.54) is 4.31 Å². The summed E-state index contributed by atoms with van der Waals surface area (Å²) < 4.78 is 33.1. The quantitative estimate of drug-likeness (QED) is 0.660. The molecule has 1 saturated heterocycles. The molecule has 0 aromatic carbocycles. The molecule has 1 aliphatic rings. The van der Waals surface area contributed by atoms with Gasteiger partial charge in [0.2, 0.25) is 0 Å². The van der Waals surface area contributed by atoms with Gasteiger partial charge in [0.1, 0.15) is 0 Å². The highest BCUT2D eigenvalue weighted by Crippen LogP contribution is 2.24. The molecule has 0 radical (unpaired) electrons. The lowest BCUT2D eigenvalue weighted by Gasteiger charge is -2.25. The van der Waals surface area contributed by atoms with Gasteiger partial charge in [-0.05, 0) is 32.7 Å². The number of hydrogen-bond acceptors (Lipinski definition) is 4. The first kappa shape index (κ1) is 14.8. The smallest absolute Gasteiger partial charge is 0.279 e. The normalized spacial score (nSPS) is 25.6. The maximum Gasteiger partial charge on any atom is 0.279 e. The van der Waals surface area contributed by atoms with E-state index in [-0.39, 0.29) is 5.60 Å². The van der Waals surface area contributed by atoms with Crippen LogP contribution in [0.1, 0.15) is 26.2 Å². The van der Waals surface area contributed by atoms with E-state index in [2.05, 4.69) is 4.72 Å². The third kappa shape index (κ3) is 4.51. The van der Waals surface area contributed by atoms with Crippen molar-refractivity contribution in [2.45, 2.75) is 31.8 Å². The van der Waals surface area contributed by atoms with Crippen molar-refractivity contribution in [3.63, 3.8) is 0 Å². The molecule has 17 heavy (non-hydrogen) atoms. The van der Waals surface area contributed by atoms with Gasteiger partial charge in [0.05, 0.1) is 5.60 Å². The average molecular weight is 265 g/mol. The van der Waals surface area contributed by atoms with Crippen molar-refractivity contribution < 1.29 is 13.2 Å². The minimum Gasteiger partial charge on any atom is -0.374 e. The molecule has 1 unspecified atom stereocenters. The van der Waals surface area contributed by atoms with E-state index < -0.39 is 10.2 Å². The molecule has 3 N–H and O–H groups in total. The first-order valence-electron chi connectivity index (χ1n) is 5.95. The number of hydrogen-bond donors (Lipinski definition) is 2. The Morgan fingerprint density at radius 2 is 2.24 bits per heavy atom. The summed E-state index contributed by atoms with van der Waals surface area (Å²) in [5, 5.41) is 0. The maximum absolute atomic E-state index is 11.9. The summed E-state index contributed by atoms with van der Waals surface area (Å²) >= 11 is 0. The van der Waals surface area contributed by atoms with Crippen LogP contribution in [0.2, 0.25) is 0 Å². The highest BCUT2D eigenvalue weighted by molar-refractivity contribution is 7.87. The second-order valence-corrected chi connectivity index (χ2v) is 6.55.